The highest BCUT2D eigenvalue weighted by molar-refractivity contribution is 5.66. The van der Waals surface area contributed by atoms with Crippen LogP contribution in [0.3, 0.4) is 0 Å². The largest absolute Gasteiger partial charge is 0.207 e. The molecule has 2 aliphatic rings. The summed E-state index contributed by atoms with van der Waals surface area (Å²) in [6, 6.07) is 7.33. The Kier molecular flexibility index (Phi) is 7.08. The maximum atomic E-state index is 14.9. The lowest BCUT2D eigenvalue weighted by Gasteiger charge is -2.38. The van der Waals surface area contributed by atoms with Gasteiger partial charge in [-0.05, 0) is 104 Å². The zero-order valence-corrected chi connectivity index (χ0v) is 18.9. The van der Waals surface area contributed by atoms with Crippen LogP contribution in [0.25, 0.3) is 11.1 Å². The Bertz CT molecular complexity index is 864. The van der Waals surface area contributed by atoms with Crippen molar-refractivity contribution in [2.75, 3.05) is 0 Å². The molecule has 4 rings (SSSR count). The van der Waals surface area contributed by atoms with E-state index in [9.17, 15) is 13.2 Å². The monoisotopic (exact) mass is 428 g/mol. The van der Waals surface area contributed by atoms with Gasteiger partial charge in [-0.15, -0.1) is 0 Å². The quantitative estimate of drug-likeness (QED) is 0.446. The molecule has 0 bridgehead atoms. The fourth-order valence-corrected chi connectivity index (χ4v) is 6.13. The van der Waals surface area contributed by atoms with Crippen molar-refractivity contribution in [3.8, 4) is 11.1 Å². The van der Waals surface area contributed by atoms with Gasteiger partial charge in [-0.1, -0.05) is 44.7 Å². The summed E-state index contributed by atoms with van der Waals surface area (Å²) in [4.78, 5) is 0. The number of hydrogen-bond donors (Lipinski definition) is 0. The third kappa shape index (κ3) is 5.02. The molecule has 0 spiro atoms. The van der Waals surface area contributed by atoms with Gasteiger partial charge in [-0.3, -0.25) is 0 Å². The van der Waals surface area contributed by atoms with Gasteiger partial charge in [0.25, 0.3) is 0 Å². The number of halogens is 3. The molecule has 2 aromatic carbocycles. The lowest BCUT2D eigenvalue weighted by molar-refractivity contribution is 0.156. The Morgan fingerprint density at radius 1 is 0.742 bits per heavy atom. The van der Waals surface area contributed by atoms with E-state index in [-0.39, 0.29) is 17.0 Å². The van der Waals surface area contributed by atoms with Gasteiger partial charge in [-0.25, -0.2) is 13.2 Å². The van der Waals surface area contributed by atoms with Gasteiger partial charge in [-0.2, -0.15) is 0 Å². The summed E-state index contributed by atoms with van der Waals surface area (Å²) in [5.41, 5.74) is 1.36. The van der Waals surface area contributed by atoms with Crippen LogP contribution in [0.1, 0.15) is 88.2 Å². The van der Waals surface area contributed by atoms with Crippen LogP contribution in [0.2, 0.25) is 0 Å². The Morgan fingerprint density at radius 3 is 1.87 bits per heavy atom. The molecular weight excluding hydrogens is 393 g/mol. The Morgan fingerprint density at radius 2 is 1.32 bits per heavy atom. The van der Waals surface area contributed by atoms with E-state index in [1.807, 2.05) is 0 Å². The van der Waals surface area contributed by atoms with Crippen LogP contribution in [-0.2, 0) is 0 Å². The fraction of sp³-hybridized carbons (Fsp3) is 0.571. The Balaban J connectivity index is 1.40. The molecule has 0 amide bonds. The molecule has 0 aliphatic heterocycles. The van der Waals surface area contributed by atoms with Crippen LogP contribution >= 0.6 is 0 Å². The molecule has 0 saturated heterocycles. The second kappa shape index (κ2) is 9.79. The highest BCUT2D eigenvalue weighted by atomic mass is 19.1. The molecule has 2 aromatic rings. The Hall–Kier alpha value is -1.77. The zero-order valence-electron chi connectivity index (χ0n) is 18.9. The lowest BCUT2D eigenvalue weighted by atomic mass is 9.68. The van der Waals surface area contributed by atoms with E-state index in [4.69, 9.17) is 0 Å². The van der Waals surface area contributed by atoms with E-state index >= 15 is 0 Å². The fourth-order valence-electron chi connectivity index (χ4n) is 6.13. The second-order valence-electron chi connectivity index (χ2n) is 10.0. The topological polar surface area (TPSA) is 0 Å². The average molecular weight is 429 g/mol. The molecule has 0 aromatic heterocycles. The molecule has 0 unspecified atom stereocenters. The van der Waals surface area contributed by atoms with Crippen molar-refractivity contribution < 1.29 is 13.2 Å². The van der Waals surface area contributed by atoms with Crippen LogP contribution in [0, 0.1) is 42.1 Å². The molecule has 0 atom stereocenters. The summed E-state index contributed by atoms with van der Waals surface area (Å²) in [6.45, 7) is 3.92. The molecule has 2 fully saturated rings. The van der Waals surface area contributed by atoms with Gasteiger partial charge in [0.05, 0.1) is 5.56 Å². The van der Waals surface area contributed by atoms with Crippen molar-refractivity contribution >= 4 is 0 Å². The molecule has 2 aliphatic carbocycles. The normalized spacial score (nSPS) is 26.7. The van der Waals surface area contributed by atoms with Crippen molar-refractivity contribution in [3.05, 3.63) is 58.9 Å². The Labute approximate surface area is 185 Å². The average Bonchev–Trinajstić information content (AvgIpc) is 2.76. The van der Waals surface area contributed by atoms with Crippen molar-refractivity contribution in [1.82, 2.24) is 0 Å². The summed E-state index contributed by atoms with van der Waals surface area (Å²) in [5.74, 6) is 1.17. The summed E-state index contributed by atoms with van der Waals surface area (Å²) in [6.07, 6.45) is 12.5. The summed E-state index contributed by atoms with van der Waals surface area (Å²) < 4.78 is 43.7. The smallest absolute Gasteiger partial charge is 0.134 e. The van der Waals surface area contributed by atoms with E-state index in [0.717, 1.165) is 36.2 Å². The van der Waals surface area contributed by atoms with Gasteiger partial charge in [0.1, 0.15) is 17.5 Å². The lowest BCUT2D eigenvalue weighted by Crippen LogP contribution is -2.25. The molecule has 0 radical (unpaired) electrons. The van der Waals surface area contributed by atoms with E-state index in [1.54, 1.807) is 19.1 Å². The third-order valence-electron chi connectivity index (χ3n) is 8.02. The second-order valence-corrected chi connectivity index (χ2v) is 10.0. The number of rotatable bonds is 5. The van der Waals surface area contributed by atoms with Crippen molar-refractivity contribution in [1.29, 1.82) is 0 Å². The molecule has 3 heteroatoms. The minimum absolute atomic E-state index is 0.125. The first-order chi connectivity index (χ1) is 15.0. The number of hydrogen-bond acceptors (Lipinski definition) is 0. The minimum Gasteiger partial charge on any atom is -0.207 e. The van der Waals surface area contributed by atoms with Gasteiger partial charge < -0.3 is 0 Å². The molecule has 0 N–H and O–H groups in total. The van der Waals surface area contributed by atoms with Crippen molar-refractivity contribution in [2.24, 2.45) is 17.8 Å². The first kappa shape index (κ1) is 22.4. The maximum Gasteiger partial charge on any atom is 0.134 e. The van der Waals surface area contributed by atoms with Crippen LogP contribution in [0.5, 0.6) is 0 Å². The highest BCUT2D eigenvalue weighted by Gasteiger charge is 2.31. The van der Waals surface area contributed by atoms with Crippen molar-refractivity contribution in [3.63, 3.8) is 0 Å². The number of aryl methyl sites for hydroxylation is 1. The summed E-state index contributed by atoms with van der Waals surface area (Å²) in [5, 5.41) is 0. The first-order valence-electron chi connectivity index (χ1n) is 12.2. The predicted octanol–water partition coefficient (Wildman–Crippen LogP) is 8.96. The van der Waals surface area contributed by atoms with E-state index in [1.165, 1.54) is 69.6 Å². The van der Waals surface area contributed by atoms with Crippen LogP contribution in [0.15, 0.2) is 30.3 Å². The molecule has 2 saturated carbocycles. The SMILES string of the molecule is CCCC1CCC(C2CCC(c3cc(F)c(-c4ccc(C)c(F)c4)c(F)c3)CC2)CC1. The molecule has 0 nitrogen and oxygen atoms in total. The van der Waals surface area contributed by atoms with E-state index in [0.29, 0.717) is 5.56 Å². The van der Waals surface area contributed by atoms with Crippen LogP contribution < -0.4 is 0 Å². The maximum absolute atomic E-state index is 14.9. The highest BCUT2D eigenvalue weighted by Crippen LogP contribution is 2.45. The molecule has 168 valence electrons. The third-order valence-corrected chi connectivity index (χ3v) is 8.02. The molecular formula is C28H35F3. The zero-order chi connectivity index (χ0) is 22.0. The first-order valence-corrected chi connectivity index (χ1v) is 12.2. The van der Waals surface area contributed by atoms with Crippen molar-refractivity contribution in [2.45, 2.75) is 84.0 Å². The van der Waals surface area contributed by atoms with E-state index < -0.39 is 17.5 Å². The van der Waals surface area contributed by atoms with E-state index in [2.05, 4.69) is 6.92 Å². The molecule has 0 heterocycles. The van der Waals surface area contributed by atoms with Crippen LogP contribution in [-0.4, -0.2) is 0 Å². The molecule has 31 heavy (non-hydrogen) atoms. The van der Waals surface area contributed by atoms with Crippen LogP contribution in [0.4, 0.5) is 13.2 Å². The van der Waals surface area contributed by atoms with Gasteiger partial charge in [0.2, 0.25) is 0 Å². The van der Waals surface area contributed by atoms with Gasteiger partial charge in [0.15, 0.2) is 0 Å². The summed E-state index contributed by atoms with van der Waals surface area (Å²) >= 11 is 0. The van der Waals surface area contributed by atoms with Gasteiger partial charge in [0, 0.05) is 0 Å². The van der Waals surface area contributed by atoms with Gasteiger partial charge >= 0.3 is 0 Å². The minimum atomic E-state index is -0.588. The standard InChI is InChI=1S/C28H35F3/c1-3-4-19-6-9-20(10-7-19)21-11-13-22(14-12-21)24-16-26(30)28(27(31)17-24)23-8-5-18(2)25(29)15-23/h5,8,15-17,19-22H,3-4,6-7,9-14H2,1-2H3. The summed E-state index contributed by atoms with van der Waals surface area (Å²) in [7, 11) is 0. The number of benzene rings is 2. The predicted molar refractivity (Wildman–Crippen MR) is 122 cm³/mol.